The van der Waals surface area contributed by atoms with Crippen LogP contribution < -0.4 is 10.2 Å². The van der Waals surface area contributed by atoms with Gasteiger partial charge in [-0.05, 0) is 6.92 Å². The molecular weight excluding hydrogens is 306 g/mol. The normalized spacial score (nSPS) is 21.3. The van der Waals surface area contributed by atoms with Crippen molar-refractivity contribution >= 4 is 17.6 Å². The van der Waals surface area contributed by atoms with E-state index >= 15 is 0 Å². The van der Waals surface area contributed by atoms with E-state index in [0.29, 0.717) is 32.0 Å². The van der Waals surface area contributed by atoms with Gasteiger partial charge in [-0.3, -0.25) is 9.59 Å². The summed E-state index contributed by atoms with van der Waals surface area (Å²) >= 11 is 0. The Hall–Kier alpha value is -2.18. The maximum Gasteiger partial charge on any atom is 0.228 e. The average Bonchev–Trinajstić information content (AvgIpc) is 3.00. The minimum Gasteiger partial charge on any atom is -0.355 e. The number of rotatable bonds is 3. The van der Waals surface area contributed by atoms with E-state index in [1.807, 2.05) is 17.9 Å². The van der Waals surface area contributed by atoms with Gasteiger partial charge < -0.3 is 15.1 Å². The summed E-state index contributed by atoms with van der Waals surface area (Å²) in [5.74, 6) is 1.96. The van der Waals surface area contributed by atoms with Crippen LogP contribution in [-0.2, 0) is 9.59 Å². The van der Waals surface area contributed by atoms with Crippen molar-refractivity contribution in [2.45, 2.75) is 33.1 Å². The maximum atomic E-state index is 12.5. The van der Waals surface area contributed by atoms with E-state index in [2.05, 4.69) is 34.0 Å². The first-order valence-corrected chi connectivity index (χ1v) is 8.60. The Balaban J connectivity index is 1.63. The van der Waals surface area contributed by atoms with Crippen LogP contribution in [0.15, 0.2) is 6.07 Å². The zero-order valence-corrected chi connectivity index (χ0v) is 14.6. The number of anilines is 1. The van der Waals surface area contributed by atoms with Crippen molar-refractivity contribution < 1.29 is 9.59 Å². The standard InChI is InChI=1S/C17H25N5O2/c1-11(2)16-19-12(3)8-14(20-16)21-4-6-22(7-5-21)17(24)13-9-15(23)18-10-13/h8,11,13H,4-7,9-10H2,1-3H3,(H,18,23). The highest BCUT2D eigenvalue weighted by Crippen LogP contribution is 2.20. The van der Waals surface area contributed by atoms with Gasteiger partial charge >= 0.3 is 0 Å². The first-order valence-electron chi connectivity index (χ1n) is 8.60. The van der Waals surface area contributed by atoms with Gasteiger partial charge in [0, 0.05) is 56.8 Å². The molecule has 0 aliphatic carbocycles. The SMILES string of the molecule is Cc1cc(N2CCN(C(=O)C3CNC(=O)C3)CC2)nc(C(C)C)n1. The third kappa shape index (κ3) is 3.49. The predicted octanol–water partition coefficient (Wildman–Crippen LogP) is 0.693. The second kappa shape index (κ2) is 6.75. The highest BCUT2D eigenvalue weighted by atomic mass is 16.2. The van der Waals surface area contributed by atoms with Crippen LogP contribution in [0.2, 0.25) is 0 Å². The fraction of sp³-hybridized carbons (Fsp3) is 0.647. The van der Waals surface area contributed by atoms with Crippen molar-refractivity contribution in [3.05, 3.63) is 17.6 Å². The summed E-state index contributed by atoms with van der Waals surface area (Å²) in [4.78, 5) is 37.0. The van der Waals surface area contributed by atoms with Gasteiger partial charge in [-0.25, -0.2) is 9.97 Å². The molecule has 7 heteroatoms. The molecule has 0 bridgehead atoms. The second-order valence-corrected chi connectivity index (χ2v) is 6.90. The lowest BCUT2D eigenvalue weighted by Crippen LogP contribution is -2.51. The Bertz CT molecular complexity index is 638. The van der Waals surface area contributed by atoms with Crippen molar-refractivity contribution in [1.29, 1.82) is 0 Å². The zero-order valence-electron chi connectivity index (χ0n) is 14.6. The minimum atomic E-state index is -0.196. The number of aryl methyl sites for hydroxylation is 1. The molecule has 0 saturated carbocycles. The van der Waals surface area contributed by atoms with Gasteiger partial charge in [0.2, 0.25) is 11.8 Å². The number of piperazine rings is 1. The fourth-order valence-electron chi connectivity index (χ4n) is 3.19. The molecule has 2 fully saturated rings. The second-order valence-electron chi connectivity index (χ2n) is 6.90. The molecule has 1 N–H and O–H groups in total. The van der Waals surface area contributed by atoms with Crippen LogP contribution in [0, 0.1) is 12.8 Å². The minimum absolute atomic E-state index is 0.0235. The fourth-order valence-corrected chi connectivity index (χ4v) is 3.19. The number of carbonyl (C=O) groups excluding carboxylic acids is 2. The summed E-state index contributed by atoms with van der Waals surface area (Å²) in [7, 11) is 0. The molecule has 2 aliphatic heterocycles. The Morgan fingerprint density at radius 3 is 2.54 bits per heavy atom. The first kappa shape index (κ1) is 16.7. The molecule has 2 aliphatic rings. The van der Waals surface area contributed by atoms with Gasteiger partial charge in [0.05, 0.1) is 5.92 Å². The van der Waals surface area contributed by atoms with Gasteiger partial charge in [-0.2, -0.15) is 0 Å². The van der Waals surface area contributed by atoms with E-state index in [0.717, 1.165) is 30.4 Å². The van der Waals surface area contributed by atoms with Crippen LogP contribution in [-0.4, -0.2) is 59.4 Å². The maximum absolute atomic E-state index is 12.5. The number of hydrogen-bond acceptors (Lipinski definition) is 5. The lowest BCUT2D eigenvalue weighted by Gasteiger charge is -2.36. The summed E-state index contributed by atoms with van der Waals surface area (Å²) in [5, 5.41) is 2.73. The van der Waals surface area contributed by atoms with Crippen LogP contribution in [0.1, 0.15) is 37.7 Å². The van der Waals surface area contributed by atoms with Gasteiger partial charge in [0.15, 0.2) is 0 Å². The monoisotopic (exact) mass is 331 g/mol. The van der Waals surface area contributed by atoms with E-state index in [-0.39, 0.29) is 17.7 Å². The molecule has 1 aromatic heterocycles. The summed E-state index contributed by atoms with van der Waals surface area (Å²) in [6.07, 6.45) is 0.321. The van der Waals surface area contributed by atoms with E-state index in [1.165, 1.54) is 0 Å². The molecule has 0 aromatic carbocycles. The number of aromatic nitrogens is 2. The average molecular weight is 331 g/mol. The molecule has 1 unspecified atom stereocenters. The van der Waals surface area contributed by atoms with Crippen LogP contribution in [0.25, 0.3) is 0 Å². The number of nitrogens with one attached hydrogen (secondary N) is 1. The molecule has 3 rings (SSSR count). The third-order valence-corrected chi connectivity index (χ3v) is 4.62. The molecule has 2 amide bonds. The largest absolute Gasteiger partial charge is 0.355 e. The quantitative estimate of drug-likeness (QED) is 0.882. The van der Waals surface area contributed by atoms with Crippen molar-refractivity contribution in [2.75, 3.05) is 37.6 Å². The molecule has 0 radical (unpaired) electrons. The Labute approximate surface area is 142 Å². The lowest BCUT2D eigenvalue weighted by molar-refractivity contribution is -0.136. The predicted molar refractivity (Wildman–Crippen MR) is 90.8 cm³/mol. The smallest absolute Gasteiger partial charge is 0.228 e. The number of hydrogen-bond donors (Lipinski definition) is 1. The van der Waals surface area contributed by atoms with Crippen LogP contribution >= 0.6 is 0 Å². The molecule has 2 saturated heterocycles. The topological polar surface area (TPSA) is 78.4 Å². The van der Waals surface area contributed by atoms with Gasteiger partial charge in [-0.1, -0.05) is 13.8 Å². The first-order chi connectivity index (χ1) is 11.4. The van der Waals surface area contributed by atoms with Crippen LogP contribution in [0.3, 0.4) is 0 Å². The number of nitrogens with zero attached hydrogens (tertiary/aromatic N) is 4. The van der Waals surface area contributed by atoms with Gasteiger partial charge in [0.25, 0.3) is 0 Å². The zero-order chi connectivity index (χ0) is 17.3. The van der Waals surface area contributed by atoms with E-state index < -0.39 is 0 Å². The van der Waals surface area contributed by atoms with Crippen LogP contribution in [0.5, 0.6) is 0 Å². The molecule has 1 aromatic rings. The van der Waals surface area contributed by atoms with Gasteiger partial charge in [0.1, 0.15) is 11.6 Å². The van der Waals surface area contributed by atoms with E-state index in [1.54, 1.807) is 0 Å². The third-order valence-electron chi connectivity index (χ3n) is 4.62. The Kier molecular flexibility index (Phi) is 4.69. The van der Waals surface area contributed by atoms with Crippen molar-refractivity contribution in [3.8, 4) is 0 Å². The molecule has 130 valence electrons. The van der Waals surface area contributed by atoms with E-state index in [9.17, 15) is 9.59 Å². The molecule has 24 heavy (non-hydrogen) atoms. The van der Waals surface area contributed by atoms with Crippen molar-refractivity contribution in [3.63, 3.8) is 0 Å². The van der Waals surface area contributed by atoms with Crippen molar-refractivity contribution in [1.82, 2.24) is 20.2 Å². The highest BCUT2D eigenvalue weighted by Gasteiger charge is 2.33. The Morgan fingerprint density at radius 2 is 1.96 bits per heavy atom. The lowest BCUT2D eigenvalue weighted by atomic mass is 10.1. The van der Waals surface area contributed by atoms with Crippen LogP contribution in [0.4, 0.5) is 5.82 Å². The summed E-state index contributed by atoms with van der Waals surface area (Å²) in [6, 6.07) is 2.00. The number of carbonyl (C=O) groups is 2. The molecule has 1 atom stereocenters. The summed E-state index contributed by atoms with van der Waals surface area (Å²) < 4.78 is 0. The summed E-state index contributed by atoms with van der Waals surface area (Å²) in [5.41, 5.74) is 0.970. The highest BCUT2D eigenvalue weighted by molar-refractivity contribution is 5.89. The molecular formula is C17H25N5O2. The summed E-state index contributed by atoms with van der Waals surface area (Å²) in [6.45, 7) is 9.49. The van der Waals surface area contributed by atoms with Gasteiger partial charge in [-0.15, -0.1) is 0 Å². The molecule has 3 heterocycles. The van der Waals surface area contributed by atoms with E-state index in [4.69, 9.17) is 0 Å². The Morgan fingerprint density at radius 1 is 1.25 bits per heavy atom. The number of amides is 2. The molecule has 7 nitrogen and oxygen atoms in total. The van der Waals surface area contributed by atoms with Crippen molar-refractivity contribution in [2.24, 2.45) is 5.92 Å². The molecule has 0 spiro atoms.